The van der Waals surface area contributed by atoms with Gasteiger partial charge in [-0.05, 0) is 125 Å². The number of aryl methyl sites for hydroxylation is 1. The summed E-state index contributed by atoms with van der Waals surface area (Å²) in [4.78, 5) is 125. The Hall–Kier alpha value is -11.5. The lowest BCUT2D eigenvalue weighted by atomic mass is 9.80. The number of aromatic nitrogens is 4. The van der Waals surface area contributed by atoms with Gasteiger partial charge in [0.1, 0.15) is 78.4 Å². The molecule has 3 aliphatic rings. The van der Waals surface area contributed by atoms with Gasteiger partial charge in [0.2, 0.25) is 5.91 Å². The summed E-state index contributed by atoms with van der Waals surface area (Å²) in [6.07, 6.45) is -4.52. The minimum Gasteiger partial charge on any atom is -0.497 e. The number of nitrogens with one attached hydrogen (secondary N) is 3. The second-order valence-electron chi connectivity index (χ2n) is 26.9. The van der Waals surface area contributed by atoms with E-state index in [1.807, 2.05) is 122 Å². The first kappa shape index (κ1) is 80.0. The molecule has 4 heterocycles. The van der Waals surface area contributed by atoms with Crippen molar-refractivity contribution in [1.29, 1.82) is 0 Å². The Morgan fingerprint density at radius 3 is 1.88 bits per heavy atom. The van der Waals surface area contributed by atoms with Crippen molar-refractivity contribution >= 4 is 50.2 Å². The molecule has 29 heteroatoms. The minimum absolute atomic E-state index is 0.00620. The van der Waals surface area contributed by atoms with E-state index in [1.54, 1.807) is 64.6 Å². The molecule has 0 bridgehead atoms. The summed E-state index contributed by atoms with van der Waals surface area (Å²) in [5.74, 6) is -0.562. The lowest BCUT2D eigenvalue weighted by Gasteiger charge is -2.37. The topological polar surface area (TPSA) is 330 Å². The number of likely N-dealkylation sites (N-methyl/N-ethyl adjacent to an activating group) is 1. The normalized spacial score (nSPS) is 17.3. The number of hydrogen-bond donors (Lipinski definition) is 3. The lowest BCUT2D eigenvalue weighted by Crippen LogP contribution is -2.38. The summed E-state index contributed by atoms with van der Waals surface area (Å²) in [6.45, 7) is 4.73. The highest BCUT2D eigenvalue weighted by molar-refractivity contribution is 7.41. The molecule has 3 amide bonds. The number of nitrogens with zero attached hydrogens (tertiary/aromatic N) is 4. The Balaban J connectivity index is 0.645. The van der Waals surface area contributed by atoms with Gasteiger partial charge in [0.15, 0.2) is 0 Å². The first-order valence-electron chi connectivity index (χ1n) is 36.5. The van der Waals surface area contributed by atoms with Gasteiger partial charge >= 0.3 is 38.2 Å². The molecule has 584 valence electrons. The predicted molar refractivity (Wildman–Crippen MR) is 410 cm³/mol. The fourth-order valence-electron chi connectivity index (χ4n) is 13.3. The van der Waals surface area contributed by atoms with Crippen molar-refractivity contribution in [2.24, 2.45) is 0 Å². The number of rotatable bonds is 34. The van der Waals surface area contributed by atoms with E-state index in [-0.39, 0.29) is 119 Å². The minimum atomic E-state index is -2.33. The number of ketones is 1. The standard InChI is InChI=1S/C83H86N7O21P/c1-7-42-105-112(111-69-46-75(90-48-52(2)77(94)87-80(90)97)108-70(69)50-104-83(57-15-9-8-10-16-57,58-28-34-60(100-5)35-29-58)59-30-36-61(101-6)37-31-59)106-51-71-68(110-76(93)38-21-53(3)91)45-74(109-71)89-40-39-72(86-79(89)96)85-78(95)56-26-22-55(23-27-56)47-84-73(92)44-54-24-32-62(33-25-54)107-82(99)102-43-41-88(4)81(98)103-49-67-65-19-13-11-17-63(65)64-18-12-14-20-66(64)67/h8-20,22-37,39-40,48,67-71,74-75H,7,21,38,41-47,49-51H2,1-6H3,(H,84,92)(H,87,94,97)(H,85,86,95,96)/t68?,69?,70-,71-,74-,75-,112?/m1/s1. The number of hydrogen-bond acceptors (Lipinski definition) is 22. The van der Waals surface area contributed by atoms with Gasteiger partial charge in [-0.25, -0.2) is 19.2 Å². The SMILES string of the molecule is CCCOP(OC[C@H]1O[C@@H](n2ccc(NC(=O)c3ccc(CNC(=O)Cc4ccc(OC(=O)OCCN(C)C(=O)OCC5c6ccccc6-c6ccccc65)cc4)cc3)nc2=O)CC1OC(=O)CCC(C)=O)OC1C[C@H](n2cc(C)c(=O)[nH]c2=O)O[C@@H]1COC(c1ccccc1)(c1ccc(OC)cc1)c1ccc(OC)cc1. The van der Waals surface area contributed by atoms with Crippen molar-refractivity contribution in [3.05, 3.63) is 276 Å². The van der Waals surface area contributed by atoms with E-state index in [0.717, 1.165) is 38.9 Å². The molecular weight excluding hydrogens is 1460 g/mol. The van der Waals surface area contributed by atoms with E-state index in [0.29, 0.717) is 29.0 Å². The van der Waals surface area contributed by atoms with Crippen molar-refractivity contribution < 1.29 is 85.0 Å². The molecule has 28 nitrogen and oxygen atoms in total. The Bertz CT molecular complexity index is 4870. The zero-order valence-corrected chi connectivity index (χ0v) is 63.4. The molecule has 12 rings (SSSR count). The number of Topliss-reactive ketones (excluding diaryl/α,β-unsaturated/α-hetero) is 1. The third-order valence-electron chi connectivity index (χ3n) is 19.3. The Kier molecular flexibility index (Phi) is 26.8. The zero-order chi connectivity index (χ0) is 78.8. The van der Waals surface area contributed by atoms with Gasteiger partial charge in [0.25, 0.3) is 11.5 Å². The van der Waals surface area contributed by atoms with Crippen LogP contribution in [0.3, 0.4) is 0 Å². The number of amides is 3. The van der Waals surface area contributed by atoms with E-state index < -0.39 is 92.1 Å². The van der Waals surface area contributed by atoms with E-state index in [4.69, 9.17) is 56.2 Å². The van der Waals surface area contributed by atoms with Crippen LogP contribution in [0.15, 0.2) is 209 Å². The van der Waals surface area contributed by atoms with Crippen LogP contribution in [0.5, 0.6) is 17.2 Å². The van der Waals surface area contributed by atoms with E-state index >= 15 is 0 Å². The van der Waals surface area contributed by atoms with E-state index in [9.17, 15) is 43.2 Å². The monoisotopic (exact) mass is 1550 g/mol. The number of H-pyrrole nitrogens is 1. The summed E-state index contributed by atoms with van der Waals surface area (Å²) < 4.78 is 75.8. The van der Waals surface area contributed by atoms with Gasteiger partial charge in [0, 0.05) is 62.3 Å². The average molecular weight is 1550 g/mol. The first-order chi connectivity index (χ1) is 54.2. The summed E-state index contributed by atoms with van der Waals surface area (Å²) >= 11 is 0. The van der Waals surface area contributed by atoms with Gasteiger partial charge in [-0.15, -0.1) is 0 Å². The molecule has 1 aliphatic carbocycles. The van der Waals surface area contributed by atoms with Crippen LogP contribution in [-0.4, -0.2) is 145 Å². The second kappa shape index (κ2) is 37.5. The van der Waals surface area contributed by atoms with E-state index in [1.165, 1.54) is 51.6 Å². The molecular formula is C83H86N7O21P. The molecule has 2 fully saturated rings. The highest BCUT2D eigenvalue weighted by Crippen LogP contribution is 2.49. The van der Waals surface area contributed by atoms with Gasteiger partial charge in [-0.3, -0.25) is 33.3 Å². The number of benzene rings is 7. The van der Waals surface area contributed by atoms with Crippen LogP contribution in [0.1, 0.15) is 119 Å². The number of aromatic amines is 1. The number of carbonyl (C=O) groups excluding carboxylic acids is 6. The molecule has 7 atom stereocenters. The molecule has 9 aromatic rings. The molecule has 112 heavy (non-hydrogen) atoms. The number of fused-ring (bicyclic) bond motifs is 3. The highest BCUT2D eigenvalue weighted by Gasteiger charge is 2.46. The van der Waals surface area contributed by atoms with Crippen molar-refractivity contribution in [3.8, 4) is 28.4 Å². The fraction of sp³-hybridized carbons (Fsp3) is 0.325. The predicted octanol–water partition coefficient (Wildman–Crippen LogP) is 11.5. The summed E-state index contributed by atoms with van der Waals surface area (Å²) in [5, 5.41) is 5.51. The number of ether oxygens (including phenoxy) is 9. The van der Waals surface area contributed by atoms with Crippen molar-refractivity contribution in [2.75, 3.05) is 66.2 Å². The maximum absolute atomic E-state index is 13.9. The van der Waals surface area contributed by atoms with Crippen molar-refractivity contribution in [3.63, 3.8) is 0 Å². The number of carbonyl (C=O) groups is 6. The van der Waals surface area contributed by atoms with E-state index in [2.05, 4.69) is 32.7 Å². The maximum atomic E-state index is 13.9. The Labute approximate surface area is 646 Å². The van der Waals surface area contributed by atoms with Crippen molar-refractivity contribution in [2.45, 2.75) is 114 Å². The first-order valence-corrected chi connectivity index (χ1v) is 37.6. The molecule has 2 aliphatic heterocycles. The molecule has 0 saturated carbocycles. The number of methoxy groups -OCH3 is 2. The van der Waals surface area contributed by atoms with Crippen LogP contribution in [0.4, 0.5) is 15.4 Å². The van der Waals surface area contributed by atoms with Gasteiger partial charge in [0.05, 0.1) is 59.5 Å². The van der Waals surface area contributed by atoms with Gasteiger partial charge < -0.3 is 76.5 Å². The van der Waals surface area contributed by atoms with Crippen LogP contribution in [0.2, 0.25) is 0 Å². The Morgan fingerprint density at radius 1 is 0.652 bits per heavy atom. The second-order valence-corrected chi connectivity index (χ2v) is 28.1. The molecule has 0 radical (unpaired) electrons. The largest absolute Gasteiger partial charge is 0.513 e. The highest BCUT2D eigenvalue weighted by atomic mass is 31.2. The maximum Gasteiger partial charge on any atom is 0.513 e. The Morgan fingerprint density at radius 2 is 1.25 bits per heavy atom. The molecule has 3 unspecified atom stereocenters. The molecule has 2 saturated heterocycles. The van der Waals surface area contributed by atoms with Crippen LogP contribution in [0.25, 0.3) is 11.1 Å². The fourth-order valence-corrected chi connectivity index (χ4v) is 14.6. The third-order valence-corrected chi connectivity index (χ3v) is 20.5. The lowest BCUT2D eigenvalue weighted by molar-refractivity contribution is -0.153. The van der Waals surface area contributed by atoms with Crippen LogP contribution >= 0.6 is 8.60 Å². The molecule has 2 aromatic heterocycles. The van der Waals surface area contributed by atoms with Crippen LogP contribution < -0.4 is 41.8 Å². The van der Waals surface area contributed by atoms with Crippen LogP contribution in [0, 0.1) is 6.92 Å². The number of esters is 1. The smallest absolute Gasteiger partial charge is 0.497 e. The summed E-state index contributed by atoms with van der Waals surface area (Å²) in [5.41, 5.74) is 5.08. The van der Waals surface area contributed by atoms with Crippen molar-refractivity contribution in [1.82, 2.24) is 29.3 Å². The third kappa shape index (κ3) is 19.8. The molecule has 3 N–H and O–H groups in total. The molecule has 0 spiro atoms. The summed E-state index contributed by atoms with van der Waals surface area (Å²) in [6, 6.07) is 54.9. The summed E-state index contributed by atoms with van der Waals surface area (Å²) in [7, 11) is 2.38. The van der Waals surface area contributed by atoms with Gasteiger partial charge in [-0.2, -0.15) is 4.98 Å². The molecule has 7 aromatic carbocycles. The zero-order valence-electron chi connectivity index (χ0n) is 62.5. The van der Waals surface area contributed by atoms with Gasteiger partial charge in [-0.1, -0.05) is 134 Å². The average Bonchev–Trinajstić information content (AvgIpc) is 1.07. The number of anilines is 1. The quantitative estimate of drug-likeness (QED) is 0.0111. The van der Waals surface area contributed by atoms with Crippen LogP contribution in [-0.2, 0) is 74.9 Å².